The van der Waals surface area contributed by atoms with Crippen molar-refractivity contribution in [2.24, 2.45) is 0 Å². The first-order valence-electron chi connectivity index (χ1n) is 5.84. The molecule has 0 atom stereocenters. The van der Waals surface area contributed by atoms with Gasteiger partial charge in [0.2, 0.25) is 5.82 Å². The highest BCUT2D eigenvalue weighted by Crippen LogP contribution is 2.26. The highest BCUT2D eigenvalue weighted by molar-refractivity contribution is 5.65. The maximum absolute atomic E-state index is 10.7. The van der Waals surface area contributed by atoms with E-state index in [1.54, 1.807) is 7.11 Å². The van der Waals surface area contributed by atoms with E-state index in [1.165, 1.54) is 12.1 Å². The lowest BCUT2D eigenvalue weighted by Crippen LogP contribution is -2.02. The van der Waals surface area contributed by atoms with Gasteiger partial charge in [-0.25, -0.2) is 4.98 Å². The average molecular weight is 274 g/mol. The van der Waals surface area contributed by atoms with Crippen LogP contribution in [0.25, 0.3) is 0 Å². The Bertz CT molecular complexity index is 658. The standard InChI is InChI=1S/C13H14N4O3/c1-8-7-9(20-2)3-4-10(8)15-12-6-5-11(17(18)19)13(14)16-12/h3-7H,1-2H3,(H3,14,15,16). The summed E-state index contributed by atoms with van der Waals surface area (Å²) in [6.45, 7) is 1.92. The monoisotopic (exact) mass is 274 g/mol. The van der Waals surface area contributed by atoms with E-state index >= 15 is 0 Å². The molecule has 0 amide bonds. The van der Waals surface area contributed by atoms with Crippen LogP contribution >= 0.6 is 0 Å². The van der Waals surface area contributed by atoms with Crippen LogP contribution in [0.5, 0.6) is 5.75 Å². The first kappa shape index (κ1) is 13.6. The van der Waals surface area contributed by atoms with Gasteiger partial charge in [0.25, 0.3) is 0 Å². The summed E-state index contributed by atoms with van der Waals surface area (Å²) < 4.78 is 5.12. The molecule has 0 spiro atoms. The molecule has 0 aliphatic heterocycles. The van der Waals surface area contributed by atoms with Crippen LogP contribution < -0.4 is 15.8 Å². The van der Waals surface area contributed by atoms with Crippen molar-refractivity contribution >= 4 is 23.0 Å². The number of nitrogen functional groups attached to an aromatic ring is 1. The third kappa shape index (κ3) is 2.77. The van der Waals surface area contributed by atoms with Crippen molar-refractivity contribution in [2.75, 3.05) is 18.2 Å². The fourth-order valence-electron chi connectivity index (χ4n) is 1.73. The lowest BCUT2D eigenvalue weighted by molar-refractivity contribution is -0.384. The van der Waals surface area contributed by atoms with Crippen LogP contribution in [0.4, 0.5) is 23.0 Å². The molecule has 0 radical (unpaired) electrons. The highest BCUT2D eigenvalue weighted by atomic mass is 16.6. The van der Waals surface area contributed by atoms with Crippen molar-refractivity contribution in [3.63, 3.8) is 0 Å². The van der Waals surface area contributed by atoms with Crippen LogP contribution in [0.2, 0.25) is 0 Å². The Balaban J connectivity index is 2.26. The topological polar surface area (TPSA) is 103 Å². The Morgan fingerprint density at radius 1 is 1.35 bits per heavy atom. The van der Waals surface area contributed by atoms with Crippen LogP contribution in [0.3, 0.4) is 0 Å². The van der Waals surface area contributed by atoms with E-state index in [1.807, 2.05) is 25.1 Å². The van der Waals surface area contributed by atoms with Gasteiger partial charge < -0.3 is 15.8 Å². The number of nitrogens with two attached hydrogens (primary N) is 1. The second-order valence-electron chi connectivity index (χ2n) is 4.16. The minimum absolute atomic E-state index is 0.119. The maximum Gasteiger partial charge on any atom is 0.311 e. The van der Waals surface area contributed by atoms with E-state index in [-0.39, 0.29) is 11.5 Å². The molecule has 104 valence electrons. The van der Waals surface area contributed by atoms with Crippen molar-refractivity contribution in [3.05, 3.63) is 46.0 Å². The predicted octanol–water partition coefficient (Wildman–Crippen LogP) is 2.63. The zero-order chi connectivity index (χ0) is 14.7. The smallest absolute Gasteiger partial charge is 0.311 e. The van der Waals surface area contributed by atoms with E-state index < -0.39 is 4.92 Å². The Hall–Kier alpha value is -2.83. The van der Waals surface area contributed by atoms with Crippen LogP contribution in [0.1, 0.15) is 5.56 Å². The van der Waals surface area contributed by atoms with Gasteiger partial charge in [0.05, 0.1) is 12.0 Å². The number of aryl methyl sites for hydroxylation is 1. The number of anilines is 3. The van der Waals surface area contributed by atoms with Gasteiger partial charge in [0.1, 0.15) is 11.6 Å². The molecule has 2 rings (SSSR count). The number of hydrogen-bond acceptors (Lipinski definition) is 6. The summed E-state index contributed by atoms with van der Waals surface area (Å²) in [7, 11) is 1.60. The molecular weight excluding hydrogens is 260 g/mol. The number of aromatic nitrogens is 1. The third-order valence-electron chi connectivity index (χ3n) is 2.80. The molecule has 1 aromatic heterocycles. The largest absolute Gasteiger partial charge is 0.497 e. The molecule has 2 aromatic rings. The predicted molar refractivity (Wildman–Crippen MR) is 76.3 cm³/mol. The second kappa shape index (κ2) is 5.43. The molecule has 1 aromatic carbocycles. The number of rotatable bonds is 4. The molecule has 0 aliphatic carbocycles. The summed E-state index contributed by atoms with van der Waals surface area (Å²) in [6, 6.07) is 8.36. The lowest BCUT2D eigenvalue weighted by Gasteiger charge is -2.10. The summed E-state index contributed by atoms with van der Waals surface area (Å²) >= 11 is 0. The molecule has 0 aliphatic rings. The lowest BCUT2D eigenvalue weighted by atomic mass is 10.2. The Morgan fingerprint density at radius 2 is 2.10 bits per heavy atom. The number of nitro groups is 1. The van der Waals surface area contributed by atoms with E-state index in [2.05, 4.69) is 10.3 Å². The van der Waals surface area contributed by atoms with E-state index in [4.69, 9.17) is 10.5 Å². The molecule has 3 N–H and O–H groups in total. The highest BCUT2D eigenvalue weighted by Gasteiger charge is 2.13. The van der Waals surface area contributed by atoms with Crippen LogP contribution in [0.15, 0.2) is 30.3 Å². The van der Waals surface area contributed by atoms with Gasteiger partial charge >= 0.3 is 5.69 Å². The quantitative estimate of drug-likeness (QED) is 0.656. The van der Waals surface area contributed by atoms with Crippen molar-refractivity contribution in [2.45, 2.75) is 6.92 Å². The number of hydrogen-bond donors (Lipinski definition) is 2. The summed E-state index contributed by atoms with van der Waals surface area (Å²) in [5, 5.41) is 13.7. The van der Waals surface area contributed by atoms with Gasteiger partial charge in [0, 0.05) is 11.8 Å². The molecule has 0 saturated heterocycles. The summed E-state index contributed by atoms with van der Waals surface area (Å²) in [5.74, 6) is 1.08. The van der Waals surface area contributed by atoms with Gasteiger partial charge in [-0.05, 0) is 36.8 Å². The molecule has 0 saturated carbocycles. The fourth-order valence-corrected chi connectivity index (χ4v) is 1.73. The Kier molecular flexibility index (Phi) is 3.69. The number of benzene rings is 1. The third-order valence-corrected chi connectivity index (χ3v) is 2.80. The summed E-state index contributed by atoms with van der Waals surface area (Å²) in [4.78, 5) is 14.1. The van der Waals surface area contributed by atoms with Crippen molar-refractivity contribution in [3.8, 4) is 5.75 Å². The van der Waals surface area contributed by atoms with Crippen molar-refractivity contribution in [1.29, 1.82) is 0 Å². The van der Waals surface area contributed by atoms with Crippen LogP contribution in [-0.4, -0.2) is 17.0 Å². The number of nitrogens with one attached hydrogen (secondary N) is 1. The Labute approximate surface area is 115 Å². The van der Waals surface area contributed by atoms with E-state index in [0.717, 1.165) is 17.0 Å². The molecule has 20 heavy (non-hydrogen) atoms. The van der Waals surface area contributed by atoms with Crippen LogP contribution in [0, 0.1) is 17.0 Å². The van der Waals surface area contributed by atoms with Gasteiger partial charge in [-0.1, -0.05) is 0 Å². The van der Waals surface area contributed by atoms with Gasteiger partial charge in [-0.2, -0.15) is 0 Å². The normalized spacial score (nSPS) is 10.1. The Morgan fingerprint density at radius 3 is 2.65 bits per heavy atom. The first-order chi connectivity index (χ1) is 9.51. The molecule has 7 heteroatoms. The molecule has 0 bridgehead atoms. The summed E-state index contributed by atoms with van der Waals surface area (Å²) in [5.41, 5.74) is 7.13. The average Bonchev–Trinajstić information content (AvgIpc) is 2.40. The maximum atomic E-state index is 10.7. The number of methoxy groups -OCH3 is 1. The van der Waals surface area contributed by atoms with E-state index in [0.29, 0.717) is 5.82 Å². The zero-order valence-electron chi connectivity index (χ0n) is 11.1. The fraction of sp³-hybridized carbons (Fsp3) is 0.154. The molecule has 0 unspecified atom stereocenters. The van der Waals surface area contributed by atoms with Crippen LogP contribution in [-0.2, 0) is 0 Å². The molecule has 7 nitrogen and oxygen atoms in total. The minimum Gasteiger partial charge on any atom is -0.497 e. The zero-order valence-corrected chi connectivity index (χ0v) is 11.1. The number of nitrogens with zero attached hydrogens (tertiary/aromatic N) is 2. The van der Waals surface area contributed by atoms with Gasteiger partial charge in [-0.3, -0.25) is 10.1 Å². The molecular formula is C13H14N4O3. The first-order valence-corrected chi connectivity index (χ1v) is 5.84. The number of pyridine rings is 1. The second-order valence-corrected chi connectivity index (χ2v) is 4.16. The van der Waals surface area contributed by atoms with Crippen molar-refractivity contribution < 1.29 is 9.66 Å². The van der Waals surface area contributed by atoms with E-state index in [9.17, 15) is 10.1 Å². The minimum atomic E-state index is -0.565. The SMILES string of the molecule is COc1ccc(Nc2ccc([N+](=O)[O-])c(N)n2)c(C)c1. The summed E-state index contributed by atoms with van der Waals surface area (Å²) in [6.07, 6.45) is 0. The van der Waals surface area contributed by atoms with Gasteiger partial charge in [0.15, 0.2) is 0 Å². The molecule has 0 fully saturated rings. The van der Waals surface area contributed by atoms with Crippen molar-refractivity contribution in [1.82, 2.24) is 4.98 Å². The molecule has 1 heterocycles. The number of ether oxygens (including phenoxy) is 1. The van der Waals surface area contributed by atoms with Gasteiger partial charge in [-0.15, -0.1) is 0 Å².